The van der Waals surface area contributed by atoms with Crippen molar-refractivity contribution in [2.75, 3.05) is 5.32 Å². The van der Waals surface area contributed by atoms with E-state index in [4.69, 9.17) is 4.74 Å². The highest BCUT2D eigenvalue weighted by atomic mass is 79.9. The van der Waals surface area contributed by atoms with Crippen LogP contribution in [0.1, 0.15) is 22.3 Å². The lowest BCUT2D eigenvalue weighted by atomic mass is 10.1. The monoisotopic (exact) mass is 395 g/mol. The van der Waals surface area contributed by atoms with E-state index in [1.807, 2.05) is 24.3 Å². The van der Waals surface area contributed by atoms with Crippen molar-refractivity contribution in [3.8, 4) is 5.75 Å². The van der Waals surface area contributed by atoms with E-state index in [-0.39, 0.29) is 0 Å². The normalized spacial score (nSPS) is 10.5. The molecular weight excluding hydrogens is 374 g/mol. The van der Waals surface area contributed by atoms with E-state index in [1.54, 1.807) is 0 Å². The van der Waals surface area contributed by atoms with Gasteiger partial charge in [-0.1, -0.05) is 46.3 Å². The second kappa shape index (κ2) is 8.21. The fourth-order valence-corrected chi connectivity index (χ4v) is 2.81. The van der Waals surface area contributed by atoms with Gasteiger partial charge in [-0.05, 0) is 72.5 Å². The van der Waals surface area contributed by atoms with E-state index in [0.717, 1.165) is 28.0 Å². The van der Waals surface area contributed by atoms with Crippen molar-refractivity contribution in [1.29, 1.82) is 0 Å². The van der Waals surface area contributed by atoms with Gasteiger partial charge in [-0.2, -0.15) is 0 Å². The molecule has 0 spiro atoms. The molecule has 0 aliphatic heterocycles. The number of rotatable bonds is 6. The molecule has 0 radical (unpaired) electrons. The number of halogens is 1. The predicted octanol–water partition coefficient (Wildman–Crippen LogP) is 6.26. The van der Waals surface area contributed by atoms with Crippen molar-refractivity contribution in [3.05, 3.63) is 93.5 Å². The molecule has 0 unspecified atom stereocenters. The molecule has 3 aromatic rings. The van der Waals surface area contributed by atoms with Gasteiger partial charge in [-0.25, -0.2) is 0 Å². The zero-order chi connectivity index (χ0) is 17.6. The van der Waals surface area contributed by atoms with Gasteiger partial charge in [0.15, 0.2) is 0 Å². The van der Waals surface area contributed by atoms with E-state index in [9.17, 15) is 0 Å². The predicted molar refractivity (Wildman–Crippen MR) is 108 cm³/mol. The Morgan fingerprint density at radius 3 is 2.40 bits per heavy atom. The highest BCUT2D eigenvalue weighted by Gasteiger charge is 2.00. The molecule has 3 heteroatoms. The molecule has 0 atom stereocenters. The first-order valence-corrected chi connectivity index (χ1v) is 9.17. The van der Waals surface area contributed by atoms with Gasteiger partial charge < -0.3 is 10.1 Å². The van der Waals surface area contributed by atoms with Crippen molar-refractivity contribution in [2.24, 2.45) is 0 Å². The molecule has 0 aromatic heterocycles. The first-order valence-electron chi connectivity index (χ1n) is 8.37. The molecule has 0 bridgehead atoms. The van der Waals surface area contributed by atoms with Crippen LogP contribution in [-0.4, -0.2) is 0 Å². The highest BCUT2D eigenvalue weighted by Crippen LogP contribution is 2.19. The fraction of sp³-hybridized carbons (Fsp3) is 0.182. The molecule has 0 aliphatic carbocycles. The Hall–Kier alpha value is -2.26. The van der Waals surface area contributed by atoms with Crippen molar-refractivity contribution < 1.29 is 4.74 Å². The van der Waals surface area contributed by atoms with E-state index in [0.29, 0.717) is 6.61 Å². The Kier molecular flexibility index (Phi) is 5.77. The van der Waals surface area contributed by atoms with Gasteiger partial charge >= 0.3 is 0 Å². The van der Waals surface area contributed by atoms with Gasteiger partial charge in [0, 0.05) is 16.7 Å². The summed E-state index contributed by atoms with van der Waals surface area (Å²) < 4.78 is 7.00. The quantitative estimate of drug-likeness (QED) is 0.531. The Bertz CT molecular complexity index is 843. The molecule has 1 N–H and O–H groups in total. The minimum Gasteiger partial charge on any atom is -0.489 e. The number of aryl methyl sites for hydroxylation is 2. The second-order valence-corrected chi connectivity index (χ2v) is 7.13. The minimum absolute atomic E-state index is 0.571. The summed E-state index contributed by atoms with van der Waals surface area (Å²) in [6, 6.07) is 22.9. The summed E-state index contributed by atoms with van der Waals surface area (Å²) in [5.74, 6) is 0.891. The first-order chi connectivity index (χ1) is 12.1. The summed E-state index contributed by atoms with van der Waals surface area (Å²) in [6.07, 6.45) is 0. The number of hydrogen-bond acceptors (Lipinski definition) is 2. The van der Waals surface area contributed by atoms with Crippen LogP contribution in [-0.2, 0) is 13.2 Å². The summed E-state index contributed by atoms with van der Waals surface area (Å²) in [7, 11) is 0. The number of benzene rings is 3. The van der Waals surface area contributed by atoms with Gasteiger partial charge in [-0.15, -0.1) is 0 Å². The zero-order valence-electron chi connectivity index (χ0n) is 14.6. The second-order valence-electron chi connectivity index (χ2n) is 6.22. The fourth-order valence-electron chi connectivity index (χ4n) is 2.55. The average Bonchev–Trinajstić information content (AvgIpc) is 2.63. The summed E-state index contributed by atoms with van der Waals surface area (Å²) in [6.45, 7) is 5.61. The van der Waals surface area contributed by atoms with Gasteiger partial charge in [0.25, 0.3) is 0 Å². The Labute approximate surface area is 158 Å². The van der Waals surface area contributed by atoms with Crippen LogP contribution in [0.5, 0.6) is 5.75 Å². The van der Waals surface area contributed by atoms with Crippen LogP contribution < -0.4 is 10.1 Å². The number of hydrogen-bond donors (Lipinski definition) is 1. The lowest BCUT2D eigenvalue weighted by Crippen LogP contribution is -2.01. The Morgan fingerprint density at radius 2 is 1.64 bits per heavy atom. The SMILES string of the molecule is Cc1ccc(NCc2cccc(OCc3ccc(Br)cc3)c2)cc1C. The molecule has 0 heterocycles. The van der Waals surface area contributed by atoms with Gasteiger partial charge in [-0.3, -0.25) is 0 Å². The molecule has 3 aromatic carbocycles. The van der Waals surface area contributed by atoms with E-state index in [2.05, 4.69) is 77.6 Å². The largest absolute Gasteiger partial charge is 0.489 e. The number of ether oxygens (including phenoxy) is 1. The van der Waals surface area contributed by atoms with Crippen molar-refractivity contribution in [1.82, 2.24) is 0 Å². The van der Waals surface area contributed by atoms with Crippen molar-refractivity contribution in [3.63, 3.8) is 0 Å². The van der Waals surface area contributed by atoms with Gasteiger partial charge in [0.1, 0.15) is 12.4 Å². The maximum atomic E-state index is 5.92. The van der Waals surface area contributed by atoms with Crippen molar-refractivity contribution in [2.45, 2.75) is 27.0 Å². The third-order valence-electron chi connectivity index (χ3n) is 4.22. The molecule has 3 rings (SSSR count). The maximum Gasteiger partial charge on any atom is 0.120 e. The molecular formula is C22H22BrNO. The third-order valence-corrected chi connectivity index (χ3v) is 4.75. The topological polar surface area (TPSA) is 21.3 Å². The standard InChI is InChI=1S/C22H22BrNO/c1-16-6-11-21(12-17(16)2)24-14-19-4-3-5-22(13-19)25-15-18-7-9-20(23)10-8-18/h3-13,24H,14-15H2,1-2H3. The lowest BCUT2D eigenvalue weighted by Gasteiger charge is -2.11. The first kappa shape index (κ1) is 17.6. The maximum absolute atomic E-state index is 5.92. The van der Waals surface area contributed by atoms with Gasteiger partial charge in [0.2, 0.25) is 0 Å². The highest BCUT2D eigenvalue weighted by molar-refractivity contribution is 9.10. The Morgan fingerprint density at radius 1 is 0.840 bits per heavy atom. The third kappa shape index (κ3) is 5.10. The van der Waals surface area contributed by atoms with Crippen LogP contribution in [0.2, 0.25) is 0 Å². The lowest BCUT2D eigenvalue weighted by molar-refractivity contribution is 0.306. The molecule has 0 saturated carbocycles. The molecule has 0 amide bonds. The van der Waals surface area contributed by atoms with E-state index in [1.165, 1.54) is 16.7 Å². The summed E-state index contributed by atoms with van der Waals surface area (Å²) in [5.41, 5.74) is 6.11. The molecule has 0 saturated heterocycles. The Balaban J connectivity index is 1.59. The molecule has 128 valence electrons. The minimum atomic E-state index is 0.571. The van der Waals surface area contributed by atoms with E-state index < -0.39 is 0 Å². The van der Waals surface area contributed by atoms with Crippen LogP contribution in [0.4, 0.5) is 5.69 Å². The molecule has 0 aliphatic rings. The zero-order valence-corrected chi connectivity index (χ0v) is 16.1. The average molecular weight is 396 g/mol. The van der Waals surface area contributed by atoms with Crippen LogP contribution in [0.15, 0.2) is 71.2 Å². The molecule has 2 nitrogen and oxygen atoms in total. The summed E-state index contributed by atoms with van der Waals surface area (Å²) >= 11 is 3.45. The van der Waals surface area contributed by atoms with Crippen LogP contribution >= 0.6 is 15.9 Å². The number of anilines is 1. The van der Waals surface area contributed by atoms with E-state index >= 15 is 0 Å². The van der Waals surface area contributed by atoms with Crippen LogP contribution in [0.25, 0.3) is 0 Å². The smallest absolute Gasteiger partial charge is 0.120 e. The summed E-state index contributed by atoms with van der Waals surface area (Å²) in [4.78, 5) is 0. The van der Waals surface area contributed by atoms with Crippen LogP contribution in [0.3, 0.4) is 0 Å². The summed E-state index contributed by atoms with van der Waals surface area (Å²) in [5, 5.41) is 3.48. The van der Waals surface area contributed by atoms with Crippen LogP contribution in [0, 0.1) is 13.8 Å². The number of nitrogens with one attached hydrogen (secondary N) is 1. The van der Waals surface area contributed by atoms with Crippen molar-refractivity contribution >= 4 is 21.6 Å². The van der Waals surface area contributed by atoms with Gasteiger partial charge in [0.05, 0.1) is 0 Å². The molecule has 0 fully saturated rings. The molecule has 25 heavy (non-hydrogen) atoms.